The van der Waals surface area contributed by atoms with Crippen LogP contribution in [0.1, 0.15) is 44.7 Å². The van der Waals surface area contributed by atoms with Gasteiger partial charge in [0.2, 0.25) is 0 Å². The van der Waals surface area contributed by atoms with E-state index in [1.54, 1.807) is 0 Å². The second-order valence-corrected chi connectivity index (χ2v) is 12.8. The largest absolute Gasteiger partial charge is 0.444 e. The molecule has 1 atom stereocenters. The normalized spacial score (nSPS) is 18.2. The van der Waals surface area contributed by atoms with Gasteiger partial charge in [0.25, 0.3) is 0 Å². The van der Waals surface area contributed by atoms with Crippen LogP contribution < -0.4 is 10.6 Å². The van der Waals surface area contributed by atoms with Crippen LogP contribution in [0.2, 0.25) is 5.02 Å². The van der Waals surface area contributed by atoms with Gasteiger partial charge >= 0.3 is 6.09 Å². The van der Waals surface area contributed by atoms with E-state index in [0.29, 0.717) is 11.6 Å². The van der Waals surface area contributed by atoms with Gasteiger partial charge in [-0.3, -0.25) is 15.2 Å². The molecule has 1 fully saturated rings. The Kier molecular flexibility index (Phi) is 10.2. The molecule has 3 aromatic rings. The molecule has 1 aromatic heterocycles. The molecule has 5 rings (SSSR count). The lowest BCUT2D eigenvalue weighted by Gasteiger charge is -2.38. The lowest BCUT2D eigenvalue weighted by atomic mass is 9.98. The number of ether oxygens (including phenoxy) is 1. The highest BCUT2D eigenvalue weighted by atomic mass is 35.5. The molecular weight excluding hydrogens is 548 g/mol. The van der Waals surface area contributed by atoms with E-state index in [4.69, 9.17) is 16.3 Å². The van der Waals surface area contributed by atoms with E-state index in [2.05, 4.69) is 43.6 Å². The summed E-state index contributed by atoms with van der Waals surface area (Å²) in [6.45, 7) is 14.7. The molecule has 226 valence electrons. The first-order valence-electron chi connectivity index (χ1n) is 15.3. The number of aromatic nitrogens is 1. The van der Waals surface area contributed by atoms with E-state index < -0.39 is 5.60 Å². The van der Waals surface area contributed by atoms with Crippen molar-refractivity contribution < 1.29 is 9.53 Å². The van der Waals surface area contributed by atoms with E-state index in [9.17, 15) is 4.79 Å². The summed E-state index contributed by atoms with van der Waals surface area (Å²) in [5, 5.41) is 9.06. The number of hydrogen-bond acceptors (Lipinski definition) is 7. The number of nitrogens with one attached hydrogen (secondary N) is 2. The van der Waals surface area contributed by atoms with Gasteiger partial charge in [-0.25, -0.2) is 4.79 Å². The number of amides is 1. The quantitative estimate of drug-likeness (QED) is 0.297. The molecule has 0 saturated carbocycles. The van der Waals surface area contributed by atoms with E-state index in [1.165, 1.54) is 11.1 Å². The molecule has 9 heteroatoms. The number of piperazine rings is 1. The van der Waals surface area contributed by atoms with Crippen LogP contribution in [0.25, 0.3) is 10.9 Å². The highest BCUT2D eigenvalue weighted by Gasteiger charge is 2.32. The van der Waals surface area contributed by atoms with Gasteiger partial charge < -0.3 is 19.9 Å². The van der Waals surface area contributed by atoms with Crippen LogP contribution in [0.15, 0.2) is 54.7 Å². The van der Waals surface area contributed by atoms with E-state index in [0.717, 1.165) is 88.2 Å². The van der Waals surface area contributed by atoms with Crippen molar-refractivity contribution in [2.24, 2.45) is 0 Å². The molecule has 0 spiro atoms. The summed E-state index contributed by atoms with van der Waals surface area (Å²) in [6.07, 6.45) is 4.48. The maximum Gasteiger partial charge on any atom is 0.411 e. The van der Waals surface area contributed by atoms with Crippen LogP contribution in [-0.4, -0.2) is 89.9 Å². The second kappa shape index (κ2) is 14.0. The molecule has 3 heterocycles. The highest BCUT2D eigenvalue weighted by molar-refractivity contribution is 6.31. The zero-order valence-electron chi connectivity index (χ0n) is 25.2. The van der Waals surface area contributed by atoms with Crippen molar-refractivity contribution in [2.45, 2.75) is 58.3 Å². The summed E-state index contributed by atoms with van der Waals surface area (Å²) in [5.74, 6) is 0. The molecule has 2 N–H and O–H groups in total. The minimum atomic E-state index is -0.513. The number of pyridine rings is 1. The first kappa shape index (κ1) is 30.5. The van der Waals surface area contributed by atoms with Crippen molar-refractivity contribution in [3.8, 4) is 0 Å². The number of halogens is 1. The van der Waals surface area contributed by atoms with Crippen molar-refractivity contribution in [1.82, 2.24) is 25.0 Å². The van der Waals surface area contributed by atoms with Gasteiger partial charge in [-0.15, -0.1) is 0 Å². The van der Waals surface area contributed by atoms with Crippen LogP contribution in [-0.2, 0) is 17.7 Å². The molecule has 1 amide bonds. The van der Waals surface area contributed by atoms with Gasteiger partial charge in [0.05, 0.1) is 18.2 Å². The molecular formula is C33H45ClN6O2. The number of nitrogens with zero attached hydrogens (tertiary/aromatic N) is 4. The molecule has 0 bridgehead atoms. The summed E-state index contributed by atoms with van der Waals surface area (Å²) in [5.41, 5.74) is 4.03. The van der Waals surface area contributed by atoms with Crippen molar-refractivity contribution in [3.05, 3.63) is 70.9 Å². The van der Waals surface area contributed by atoms with Gasteiger partial charge in [-0.05, 0) is 88.6 Å². The SMILES string of the molecule is CC(C)(C)OC(=O)N1Cc2ccccc2CC1NCCCN1CCN(CCCNc2ccnc3cc(Cl)ccc23)CC1. The Labute approximate surface area is 255 Å². The number of rotatable bonds is 10. The van der Waals surface area contributed by atoms with Crippen molar-refractivity contribution in [1.29, 1.82) is 0 Å². The topological polar surface area (TPSA) is 73.0 Å². The third-order valence-corrected chi connectivity index (χ3v) is 8.28. The van der Waals surface area contributed by atoms with Crippen LogP contribution in [0.5, 0.6) is 0 Å². The van der Waals surface area contributed by atoms with Gasteiger partial charge in [-0.1, -0.05) is 35.9 Å². The second-order valence-electron chi connectivity index (χ2n) is 12.4. The summed E-state index contributed by atoms with van der Waals surface area (Å²) < 4.78 is 5.74. The average Bonchev–Trinajstić information content (AvgIpc) is 2.96. The number of fused-ring (bicyclic) bond motifs is 2. The van der Waals surface area contributed by atoms with Crippen LogP contribution in [0, 0.1) is 0 Å². The summed E-state index contributed by atoms with van der Waals surface area (Å²) in [6, 6.07) is 16.3. The number of benzene rings is 2. The fourth-order valence-electron chi connectivity index (χ4n) is 5.83. The Balaban J connectivity index is 1.00. The smallest absolute Gasteiger partial charge is 0.411 e. The van der Waals surface area contributed by atoms with Gasteiger partial charge in [0.1, 0.15) is 5.60 Å². The molecule has 2 aromatic carbocycles. The molecule has 42 heavy (non-hydrogen) atoms. The Bertz CT molecular complexity index is 1340. The lowest BCUT2D eigenvalue weighted by Crippen LogP contribution is -2.53. The molecule has 2 aliphatic heterocycles. The number of carbonyl (C=O) groups is 1. The van der Waals surface area contributed by atoms with E-state index >= 15 is 0 Å². The predicted molar refractivity (Wildman–Crippen MR) is 171 cm³/mol. The summed E-state index contributed by atoms with van der Waals surface area (Å²) in [4.78, 5) is 24.4. The van der Waals surface area contributed by atoms with E-state index in [1.807, 2.05) is 62.2 Å². The zero-order valence-corrected chi connectivity index (χ0v) is 26.0. The monoisotopic (exact) mass is 592 g/mol. The van der Waals surface area contributed by atoms with Gasteiger partial charge in [0, 0.05) is 61.4 Å². The summed E-state index contributed by atoms with van der Waals surface area (Å²) in [7, 11) is 0. The minimum absolute atomic E-state index is 0.0526. The van der Waals surface area contributed by atoms with Gasteiger partial charge in [-0.2, -0.15) is 0 Å². The number of anilines is 1. The van der Waals surface area contributed by atoms with Crippen molar-refractivity contribution in [2.75, 3.05) is 57.7 Å². The minimum Gasteiger partial charge on any atom is -0.444 e. The number of carbonyl (C=O) groups excluding carboxylic acids is 1. The summed E-state index contributed by atoms with van der Waals surface area (Å²) >= 11 is 6.12. The maximum absolute atomic E-state index is 13.0. The van der Waals surface area contributed by atoms with Crippen molar-refractivity contribution >= 4 is 34.3 Å². The first-order valence-corrected chi connectivity index (χ1v) is 15.7. The van der Waals surface area contributed by atoms with Crippen molar-refractivity contribution in [3.63, 3.8) is 0 Å². The van der Waals surface area contributed by atoms with Gasteiger partial charge in [0.15, 0.2) is 0 Å². The van der Waals surface area contributed by atoms with Crippen LogP contribution >= 0.6 is 11.6 Å². The Morgan fingerprint density at radius 1 is 0.976 bits per heavy atom. The Morgan fingerprint density at radius 3 is 2.38 bits per heavy atom. The third-order valence-electron chi connectivity index (χ3n) is 8.04. The lowest BCUT2D eigenvalue weighted by molar-refractivity contribution is 0.00778. The van der Waals surface area contributed by atoms with Crippen LogP contribution in [0.4, 0.5) is 10.5 Å². The standard InChI is InChI=1S/C33H45ClN6O2/c1-33(2,3)42-32(41)40-24-26-9-5-4-8-25(26)22-31(40)37-14-7-17-39-20-18-38(19-21-39)16-6-13-35-29-12-15-36-30-23-27(34)10-11-28(29)30/h4-5,8-12,15,23,31,37H,6-7,13-14,16-22,24H2,1-3H3,(H,35,36). The predicted octanol–water partition coefficient (Wildman–Crippen LogP) is 5.61. The molecule has 8 nitrogen and oxygen atoms in total. The third kappa shape index (κ3) is 8.34. The highest BCUT2D eigenvalue weighted by Crippen LogP contribution is 2.25. The molecule has 2 aliphatic rings. The molecule has 1 saturated heterocycles. The Hall–Kier alpha value is -2.91. The fourth-order valence-corrected chi connectivity index (χ4v) is 5.99. The molecule has 1 unspecified atom stereocenters. The fraction of sp³-hybridized carbons (Fsp3) is 0.515. The zero-order chi connectivity index (χ0) is 29.5. The molecule has 0 radical (unpaired) electrons. The average molecular weight is 593 g/mol. The number of hydrogen-bond donors (Lipinski definition) is 2. The Morgan fingerprint density at radius 2 is 1.67 bits per heavy atom. The molecule has 0 aliphatic carbocycles. The van der Waals surface area contributed by atoms with Crippen LogP contribution in [0.3, 0.4) is 0 Å². The maximum atomic E-state index is 13.0. The first-order chi connectivity index (χ1) is 20.2. The van der Waals surface area contributed by atoms with E-state index in [-0.39, 0.29) is 12.3 Å².